The summed E-state index contributed by atoms with van der Waals surface area (Å²) in [5, 5.41) is 4.53. The minimum atomic E-state index is -0.271. The Labute approximate surface area is 112 Å². The van der Waals surface area contributed by atoms with Crippen LogP contribution in [-0.2, 0) is 12.8 Å². The second-order valence-electron chi connectivity index (χ2n) is 4.21. The van der Waals surface area contributed by atoms with E-state index in [0.29, 0.717) is 18.8 Å². The van der Waals surface area contributed by atoms with Crippen molar-refractivity contribution in [1.82, 2.24) is 9.78 Å². The number of halogens is 1. The van der Waals surface area contributed by atoms with E-state index in [4.69, 9.17) is 10.5 Å². The van der Waals surface area contributed by atoms with Gasteiger partial charge < -0.3 is 10.5 Å². The van der Waals surface area contributed by atoms with Gasteiger partial charge in [0.15, 0.2) is 0 Å². The van der Waals surface area contributed by atoms with E-state index in [2.05, 4.69) is 5.10 Å². The molecule has 1 aromatic carbocycles. The lowest BCUT2D eigenvalue weighted by Crippen LogP contribution is -2.05. The van der Waals surface area contributed by atoms with E-state index in [1.165, 1.54) is 12.1 Å². The first kappa shape index (κ1) is 13.5. The molecule has 0 aliphatic carbocycles. The average molecular weight is 263 g/mol. The van der Waals surface area contributed by atoms with Gasteiger partial charge in [0.2, 0.25) is 5.88 Å². The Hall–Kier alpha value is -1.88. The van der Waals surface area contributed by atoms with Crippen LogP contribution in [0.5, 0.6) is 5.88 Å². The standard InChI is InChI=1S/C14H18FN3O/c1-3-13-12(8-9-16)14(19-2)18(17-13)11-6-4-10(15)5-7-11/h4-7H,3,8-9,16H2,1-2H3. The van der Waals surface area contributed by atoms with Crippen molar-refractivity contribution in [3.05, 3.63) is 41.3 Å². The molecule has 0 fully saturated rings. The molecular weight excluding hydrogens is 245 g/mol. The van der Waals surface area contributed by atoms with Crippen LogP contribution < -0.4 is 10.5 Å². The van der Waals surface area contributed by atoms with Crippen molar-refractivity contribution in [2.24, 2.45) is 5.73 Å². The SMILES string of the molecule is CCc1nn(-c2ccc(F)cc2)c(OC)c1CCN. The summed E-state index contributed by atoms with van der Waals surface area (Å²) in [6, 6.07) is 6.17. The molecule has 2 aromatic rings. The van der Waals surface area contributed by atoms with Crippen molar-refractivity contribution in [3.63, 3.8) is 0 Å². The van der Waals surface area contributed by atoms with Gasteiger partial charge >= 0.3 is 0 Å². The molecule has 19 heavy (non-hydrogen) atoms. The van der Waals surface area contributed by atoms with Gasteiger partial charge in [-0.15, -0.1) is 0 Å². The third kappa shape index (κ3) is 2.61. The number of nitrogens with two attached hydrogens (primary N) is 1. The van der Waals surface area contributed by atoms with E-state index < -0.39 is 0 Å². The lowest BCUT2D eigenvalue weighted by atomic mass is 10.1. The second kappa shape index (κ2) is 5.84. The third-order valence-corrected chi connectivity index (χ3v) is 3.01. The number of hydrogen-bond acceptors (Lipinski definition) is 3. The van der Waals surface area contributed by atoms with Crippen molar-refractivity contribution < 1.29 is 9.13 Å². The van der Waals surface area contributed by atoms with Gasteiger partial charge in [-0.25, -0.2) is 9.07 Å². The minimum absolute atomic E-state index is 0.271. The van der Waals surface area contributed by atoms with Crippen LogP contribution in [-0.4, -0.2) is 23.4 Å². The highest BCUT2D eigenvalue weighted by Crippen LogP contribution is 2.26. The number of aryl methyl sites for hydroxylation is 1. The van der Waals surface area contributed by atoms with Crippen molar-refractivity contribution >= 4 is 0 Å². The van der Waals surface area contributed by atoms with Crippen LogP contribution in [0.1, 0.15) is 18.2 Å². The molecule has 0 amide bonds. The summed E-state index contributed by atoms with van der Waals surface area (Å²) in [4.78, 5) is 0. The molecule has 102 valence electrons. The van der Waals surface area contributed by atoms with E-state index in [0.717, 1.165) is 23.4 Å². The quantitative estimate of drug-likeness (QED) is 0.898. The van der Waals surface area contributed by atoms with Crippen LogP contribution in [0.25, 0.3) is 5.69 Å². The Bertz CT molecular complexity index is 549. The molecular formula is C14H18FN3O. The summed E-state index contributed by atoms with van der Waals surface area (Å²) in [6.07, 6.45) is 1.52. The number of ether oxygens (including phenoxy) is 1. The van der Waals surface area contributed by atoms with E-state index >= 15 is 0 Å². The summed E-state index contributed by atoms with van der Waals surface area (Å²) >= 11 is 0. The summed E-state index contributed by atoms with van der Waals surface area (Å²) < 4.78 is 20.1. The van der Waals surface area contributed by atoms with Gasteiger partial charge in [-0.05, 0) is 43.7 Å². The maximum absolute atomic E-state index is 13.0. The Morgan fingerprint density at radius 3 is 2.53 bits per heavy atom. The first-order chi connectivity index (χ1) is 9.21. The summed E-state index contributed by atoms with van der Waals surface area (Å²) in [5.41, 5.74) is 8.40. The van der Waals surface area contributed by atoms with Crippen LogP contribution in [0.4, 0.5) is 4.39 Å². The minimum Gasteiger partial charge on any atom is -0.481 e. The van der Waals surface area contributed by atoms with Crippen LogP contribution in [0.3, 0.4) is 0 Å². The molecule has 2 rings (SSSR count). The van der Waals surface area contributed by atoms with Crippen LogP contribution in [0.15, 0.2) is 24.3 Å². The molecule has 0 aliphatic heterocycles. The van der Waals surface area contributed by atoms with Gasteiger partial charge in [-0.2, -0.15) is 5.10 Å². The van der Waals surface area contributed by atoms with Crippen molar-refractivity contribution in [2.45, 2.75) is 19.8 Å². The molecule has 4 nitrogen and oxygen atoms in total. The fraction of sp³-hybridized carbons (Fsp3) is 0.357. The van der Waals surface area contributed by atoms with E-state index in [1.54, 1.807) is 23.9 Å². The third-order valence-electron chi connectivity index (χ3n) is 3.01. The molecule has 0 saturated heterocycles. The Kier molecular flexibility index (Phi) is 4.16. The lowest BCUT2D eigenvalue weighted by Gasteiger charge is -2.07. The zero-order chi connectivity index (χ0) is 13.8. The first-order valence-corrected chi connectivity index (χ1v) is 6.32. The maximum atomic E-state index is 13.0. The monoisotopic (exact) mass is 263 g/mol. The zero-order valence-electron chi connectivity index (χ0n) is 11.2. The number of aromatic nitrogens is 2. The largest absolute Gasteiger partial charge is 0.481 e. The Morgan fingerprint density at radius 2 is 2.00 bits per heavy atom. The fourth-order valence-corrected chi connectivity index (χ4v) is 2.12. The highest BCUT2D eigenvalue weighted by atomic mass is 19.1. The normalized spacial score (nSPS) is 10.7. The van der Waals surface area contributed by atoms with E-state index in [1.807, 2.05) is 6.92 Å². The topological polar surface area (TPSA) is 53.1 Å². The van der Waals surface area contributed by atoms with Gasteiger partial charge in [-0.3, -0.25) is 0 Å². The molecule has 1 aromatic heterocycles. The molecule has 0 unspecified atom stereocenters. The molecule has 1 heterocycles. The first-order valence-electron chi connectivity index (χ1n) is 6.32. The molecule has 0 spiro atoms. The van der Waals surface area contributed by atoms with E-state index in [9.17, 15) is 4.39 Å². The highest BCUT2D eigenvalue weighted by molar-refractivity contribution is 5.41. The number of hydrogen-bond donors (Lipinski definition) is 1. The van der Waals surface area contributed by atoms with Crippen LogP contribution >= 0.6 is 0 Å². The van der Waals surface area contributed by atoms with Gasteiger partial charge in [0, 0.05) is 5.56 Å². The Morgan fingerprint density at radius 1 is 1.32 bits per heavy atom. The number of methoxy groups -OCH3 is 1. The van der Waals surface area contributed by atoms with Gasteiger partial charge in [0.25, 0.3) is 0 Å². The average Bonchev–Trinajstić information content (AvgIpc) is 2.78. The predicted octanol–water partition coefficient (Wildman–Crippen LogP) is 2.08. The Balaban J connectivity index is 2.53. The summed E-state index contributed by atoms with van der Waals surface area (Å²) in [5.74, 6) is 0.404. The molecule has 0 saturated carbocycles. The van der Waals surface area contributed by atoms with Crippen LogP contribution in [0, 0.1) is 5.82 Å². The highest BCUT2D eigenvalue weighted by Gasteiger charge is 2.17. The van der Waals surface area contributed by atoms with E-state index in [-0.39, 0.29) is 5.82 Å². The molecule has 0 bridgehead atoms. The molecule has 0 atom stereocenters. The fourth-order valence-electron chi connectivity index (χ4n) is 2.12. The maximum Gasteiger partial charge on any atom is 0.219 e. The lowest BCUT2D eigenvalue weighted by molar-refractivity contribution is 0.379. The number of nitrogens with zero attached hydrogens (tertiary/aromatic N) is 2. The van der Waals surface area contributed by atoms with Crippen molar-refractivity contribution in [2.75, 3.05) is 13.7 Å². The predicted molar refractivity (Wildman–Crippen MR) is 72.2 cm³/mol. The van der Waals surface area contributed by atoms with Crippen LogP contribution in [0.2, 0.25) is 0 Å². The molecule has 2 N–H and O–H groups in total. The molecule has 0 radical (unpaired) electrons. The molecule has 0 aliphatic rings. The van der Waals surface area contributed by atoms with Gasteiger partial charge in [0.1, 0.15) is 5.82 Å². The molecule has 5 heteroatoms. The summed E-state index contributed by atoms with van der Waals surface area (Å²) in [7, 11) is 1.61. The number of benzene rings is 1. The zero-order valence-corrected chi connectivity index (χ0v) is 11.2. The van der Waals surface area contributed by atoms with Gasteiger partial charge in [-0.1, -0.05) is 6.92 Å². The van der Waals surface area contributed by atoms with Crippen molar-refractivity contribution in [3.8, 4) is 11.6 Å². The second-order valence-corrected chi connectivity index (χ2v) is 4.21. The van der Waals surface area contributed by atoms with Gasteiger partial charge in [0.05, 0.1) is 18.5 Å². The smallest absolute Gasteiger partial charge is 0.219 e. The number of rotatable bonds is 5. The van der Waals surface area contributed by atoms with Crippen molar-refractivity contribution in [1.29, 1.82) is 0 Å². The summed E-state index contributed by atoms with van der Waals surface area (Å²) in [6.45, 7) is 2.58.